The minimum atomic E-state index is 0.675. The Morgan fingerprint density at radius 3 is 1.57 bits per heavy atom. The first-order valence-electron chi connectivity index (χ1n) is 5.95. The molecule has 1 aliphatic rings. The Morgan fingerprint density at radius 1 is 0.857 bits per heavy atom. The fraction of sp³-hybridized carbons (Fsp3) is 1.00. The van der Waals surface area contributed by atoms with Gasteiger partial charge in [-0.25, -0.2) is 0 Å². The Morgan fingerprint density at radius 2 is 1.29 bits per heavy atom. The van der Waals surface area contributed by atoms with Crippen LogP contribution < -0.4 is 0 Å². The summed E-state index contributed by atoms with van der Waals surface area (Å²) in [5.74, 6) is 0. The van der Waals surface area contributed by atoms with Crippen molar-refractivity contribution in [3.05, 3.63) is 0 Å². The SMILES string of the molecule is CC(C)N1CC(C)N(C(C)C)C(C)C1. The van der Waals surface area contributed by atoms with Crippen molar-refractivity contribution in [1.29, 1.82) is 0 Å². The fourth-order valence-corrected chi connectivity index (χ4v) is 2.82. The van der Waals surface area contributed by atoms with Crippen molar-refractivity contribution in [2.75, 3.05) is 13.1 Å². The Labute approximate surface area is 89.3 Å². The molecule has 2 atom stereocenters. The van der Waals surface area contributed by atoms with Crippen LogP contribution in [0, 0.1) is 0 Å². The third-order valence-corrected chi connectivity index (χ3v) is 3.34. The van der Waals surface area contributed by atoms with Crippen molar-refractivity contribution < 1.29 is 0 Å². The zero-order valence-electron chi connectivity index (χ0n) is 10.6. The molecule has 14 heavy (non-hydrogen) atoms. The smallest absolute Gasteiger partial charge is 0.0201 e. The normalized spacial score (nSPS) is 31.7. The Kier molecular flexibility index (Phi) is 3.96. The molecule has 0 aliphatic carbocycles. The second kappa shape index (κ2) is 4.63. The second-order valence-electron chi connectivity index (χ2n) is 5.29. The van der Waals surface area contributed by atoms with Crippen LogP contribution in [0.3, 0.4) is 0 Å². The van der Waals surface area contributed by atoms with Crippen molar-refractivity contribution in [1.82, 2.24) is 9.80 Å². The zero-order valence-corrected chi connectivity index (χ0v) is 10.6. The lowest BCUT2D eigenvalue weighted by atomic mass is 10.0. The maximum Gasteiger partial charge on any atom is 0.0201 e. The molecule has 0 bridgehead atoms. The molecule has 0 radical (unpaired) electrons. The number of hydrogen-bond donors (Lipinski definition) is 0. The molecule has 0 spiro atoms. The maximum absolute atomic E-state index is 2.64. The van der Waals surface area contributed by atoms with E-state index in [1.165, 1.54) is 13.1 Å². The first-order chi connectivity index (χ1) is 6.43. The van der Waals surface area contributed by atoms with Gasteiger partial charge in [0.15, 0.2) is 0 Å². The van der Waals surface area contributed by atoms with Gasteiger partial charge in [0.1, 0.15) is 0 Å². The molecule has 1 fully saturated rings. The third-order valence-electron chi connectivity index (χ3n) is 3.34. The van der Waals surface area contributed by atoms with E-state index in [1.54, 1.807) is 0 Å². The van der Waals surface area contributed by atoms with Gasteiger partial charge in [-0.05, 0) is 41.5 Å². The van der Waals surface area contributed by atoms with Gasteiger partial charge in [-0.3, -0.25) is 9.80 Å². The van der Waals surface area contributed by atoms with Gasteiger partial charge < -0.3 is 0 Å². The summed E-state index contributed by atoms with van der Waals surface area (Å²) in [6, 6.07) is 2.76. The van der Waals surface area contributed by atoms with Crippen LogP contribution in [-0.4, -0.2) is 47.1 Å². The summed E-state index contributed by atoms with van der Waals surface area (Å²) in [5, 5.41) is 0. The first kappa shape index (κ1) is 12.0. The van der Waals surface area contributed by atoms with E-state index >= 15 is 0 Å². The molecule has 2 nitrogen and oxygen atoms in total. The standard InChI is InChI=1S/C12H26N2/c1-9(2)13-7-11(5)14(10(3)4)12(6)8-13/h9-12H,7-8H2,1-6H3. The van der Waals surface area contributed by atoms with Crippen molar-refractivity contribution in [3.8, 4) is 0 Å². The average Bonchev–Trinajstić information content (AvgIpc) is 2.01. The highest BCUT2D eigenvalue weighted by atomic mass is 15.3. The summed E-state index contributed by atoms with van der Waals surface area (Å²) in [6.45, 7) is 16.3. The molecule has 1 rings (SSSR count). The van der Waals surface area contributed by atoms with Crippen LogP contribution in [0.4, 0.5) is 0 Å². The van der Waals surface area contributed by atoms with E-state index in [9.17, 15) is 0 Å². The lowest BCUT2D eigenvalue weighted by Crippen LogP contribution is -2.60. The van der Waals surface area contributed by atoms with Crippen LogP contribution >= 0.6 is 0 Å². The topological polar surface area (TPSA) is 6.48 Å². The van der Waals surface area contributed by atoms with Crippen LogP contribution in [0.1, 0.15) is 41.5 Å². The van der Waals surface area contributed by atoms with Gasteiger partial charge in [0.25, 0.3) is 0 Å². The summed E-state index contributed by atoms with van der Waals surface area (Å²) in [6.07, 6.45) is 0. The Hall–Kier alpha value is -0.0800. The molecular formula is C12H26N2. The third kappa shape index (κ3) is 2.48. The van der Waals surface area contributed by atoms with Crippen molar-refractivity contribution in [3.63, 3.8) is 0 Å². The van der Waals surface area contributed by atoms with Gasteiger partial charge in [0.05, 0.1) is 0 Å². The van der Waals surface area contributed by atoms with Gasteiger partial charge in [-0.15, -0.1) is 0 Å². The molecule has 0 aromatic heterocycles. The van der Waals surface area contributed by atoms with Gasteiger partial charge in [0, 0.05) is 37.3 Å². The van der Waals surface area contributed by atoms with Crippen molar-refractivity contribution in [2.45, 2.75) is 65.7 Å². The van der Waals surface area contributed by atoms with Gasteiger partial charge >= 0.3 is 0 Å². The summed E-state index contributed by atoms with van der Waals surface area (Å²) in [5.41, 5.74) is 0. The number of piperazine rings is 1. The molecule has 2 heteroatoms. The molecule has 0 N–H and O–H groups in total. The quantitative estimate of drug-likeness (QED) is 0.671. The van der Waals surface area contributed by atoms with E-state index in [-0.39, 0.29) is 0 Å². The highest BCUT2D eigenvalue weighted by Gasteiger charge is 2.31. The molecule has 0 aromatic rings. The van der Waals surface area contributed by atoms with Crippen LogP contribution in [0.5, 0.6) is 0 Å². The van der Waals surface area contributed by atoms with E-state index < -0.39 is 0 Å². The number of rotatable bonds is 2. The maximum atomic E-state index is 2.64. The predicted molar refractivity (Wildman–Crippen MR) is 62.6 cm³/mol. The van der Waals surface area contributed by atoms with Crippen LogP contribution in [-0.2, 0) is 0 Å². The second-order valence-corrected chi connectivity index (χ2v) is 5.29. The van der Waals surface area contributed by atoms with E-state index in [2.05, 4.69) is 51.3 Å². The van der Waals surface area contributed by atoms with Crippen molar-refractivity contribution >= 4 is 0 Å². The average molecular weight is 198 g/mol. The molecular weight excluding hydrogens is 172 g/mol. The largest absolute Gasteiger partial charge is 0.298 e. The molecule has 1 saturated heterocycles. The summed E-state index contributed by atoms with van der Waals surface area (Å²) in [7, 11) is 0. The summed E-state index contributed by atoms with van der Waals surface area (Å²) >= 11 is 0. The minimum absolute atomic E-state index is 0.675. The first-order valence-corrected chi connectivity index (χ1v) is 5.95. The molecule has 84 valence electrons. The van der Waals surface area contributed by atoms with E-state index in [4.69, 9.17) is 0 Å². The monoisotopic (exact) mass is 198 g/mol. The van der Waals surface area contributed by atoms with E-state index in [0.717, 1.165) is 0 Å². The van der Waals surface area contributed by atoms with E-state index in [0.29, 0.717) is 24.2 Å². The number of hydrogen-bond acceptors (Lipinski definition) is 2. The Balaban J connectivity index is 2.63. The highest BCUT2D eigenvalue weighted by molar-refractivity contribution is 4.87. The predicted octanol–water partition coefficient (Wildman–Crippen LogP) is 2.20. The molecule has 2 unspecified atom stereocenters. The van der Waals surface area contributed by atoms with Crippen LogP contribution in [0.15, 0.2) is 0 Å². The zero-order chi connectivity index (χ0) is 10.9. The molecule has 1 aliphatic heterocycles. The fourth-order valence-electron chi connectivity index (χ4n) is 2.82. The lowest BCUT2D eigenvalue weighted by Gasteiger charge is -2.48. The molecule has 0 saturated carbocycles. The van der Waals surface area contributed by atoms with Gasteiger partial charge in [-0.1, -0.05) is 0 Å². The summed E-state index contributed by atoms with van der Waals surface area (Å²) < 4.78 is 0. The van der Waals surface area contributed by atoms with Crippen LogP contribution in [0.2, 0.25) is 0 Å². The van der Waals surface area contributed by atoms with Crippen molar-refractivity contribution in [2.24, 2.45) is 0 Å². The van der Waals surface area contributed by atoms with Gasteiger partial charge in [0.2, 0.25) is 0 Å². The van der Waals surface area contributed by atoms with Gasteiger partial charge in [-0.2, -0.15) is 0 Å². The van der Waals surface area contributed by atoms with Crippen LogP contribution in [0.25, 0.3) is 0 Å². The minimum Gasteiger partial charge on any atom is -0.298 e. The molecule has 1 heterocycles. The highest BCUT2D eigenvalue weighted by Crippen LogP contribution is 2.19. The van der Waals surface area contributed by atoms with E-state index in [1.807, 2.05) is 0 Å². The lowest BCUT2D eigenvalue weighted by molar-refractivity contribution is 0.00391. The molecule has 0 aromatic carbocycles. The molecule has 0 amide bonds. The number of nitrogens with zero attached hydrogens (tertiary/aromatic N) is 2. The Bertz CT molecular complexity index is 165. The summed E-state index contributed by atoms with van der Waals surface area (Å²) in [4.78, 5) is 5.23.